The van der Waals surface area contributed by atoms with E-state index >= 15 is 4.79 Å². The molecule has 0 radical (unpaired) electrons. The van der Waals surface area contributed by atoms with Crippen LogP contribution in [0.25, 0.3) is 0 Å². The predicted molar refractivity (Wildman–Crippen MR) is 193 cm³/mol. The van der Waals surface area contributed by atoms with Crippen LogP contribution in [0.5, 0.6) is 5.75 Å². The molecule has 0 aromatic heterocycles. The molecule has 3 aromatic rings. The molecule has 2 amide bonds. The third-order valence-corrected chi connectivity index (χ3v) is 11.0. The normalized spacial score (nSPS) is 25.1. The van der Waals surface area contributed by atoms with Gasteiger partial charge in [-0.2, -0.15) is 0 Å². The number of piperidine rings is 1. The summed E-state index contributed by atoms with van der Waals surface area (Å²) >= 11 is 12.9. The van der Waals surface area contributed by atoms with E-state index in [0.717, 1.165) is 47.5 Å². The van der Waals surface area contributed by atoms with Crippen LogP contribution in [-0.2, 0) is 16.5 Å². The highest BCUT2D eigenvalue weighted by molar-refractivity contribution is 6.30. The largest absolute Gasteiger partial charge is 0.490 e. The zero-order chi connectivity index (χ0) is 33.7. The van der Waals surface area contributed by atoms with E-state index in [-0.39, 0.29) is 17.6 Å². The van der Waals surface area contributed by atoms with E-state index in [0.29, 0.717) is 35.0 Å². The van der Waals surface area contributed by atoms with E-state index in [1.165, 1.54) is 12.8 Å². The summed E-state index contributed by atoms with van der Waals surface area (Å²) in [7, 11) is 0. The number of benzene rings is 3. The second-order valence-electron chi connectivity index (χ2n) is 15.0. The summed E-state index contributed by atoms with van der Waals surface area (Å²) in [6, 6.07) is 22.4. The molecule has 2 fully saturated rings. The van der Waals surface area contributed by atoms with Crippen LogP contribution in [0.2, 0.25) is 10.0 Å². The van der Waals surface area contributed by atoms with Gasteiger partial charge in [0.15, 0.2) is 0 Å². The summed E-state index contributed by atoms with van der Waals surface area (Å²) in [6.07, 6.45) is 3.47. The van der Waals surface area contributed by atoms with Crippen LogP contribution >= 0.6 is 23.2 Å². The molecular weight excluding hydrogens is 627 g/mol. The monoisotopic (exact) mass is 674 g/mol. The van der Waals surface area contributed by atoms with Crippen molar-refractivity contribution in [3.05, 3.63) is 99.0 Å². The lowest BCUT2D eigenvalue weighted by Crippen LogP contribution is -2.63. The first-order valence-corrected chi connectivity index (χ1v) is 17.7. The molecule has 47 heavy (non-hydrogen) atoms. The fraction of sp³-hybridized carbons (Fsp3) is 0.487. The maximum atomic E-state index is 15.3. The second-order valence-corrected chi connectivity index (χ2v) is 15.8. The van der Waals surface area contributed by atoms with Gasteiger partial charge in [0.25, 0.3) is 0 Å². The number of ether oxygens (including phenoxy) is 1. The Balaban J connectivity index is 1.58. The molecule has 2 saturated heterocycles. The Morgan fingerprint density at radius 1 is 0.894 bits per heavy atom. The van der Waals surface area contributed by atoms with Crippen LogP contribution in [0.4, 0.5) is 4.79 Å². The number of hydrogen-bond donors (Lipinski definition) is 0. The van der Waals surface area contributed by atoms with Crippen molar-refractivity contribution < 1.29 is 9.53 Å². The number of hydrogen-bond acceptors (Lipinski definition) is 4. The zero-order valence-corrected chi connectivity index (χ0v) is 30.3. The van der Waals surface area contributed by atoms with Crippen molar-refractivity contribution in [3.8, 4) is 5.75 Å². The van der Waals surface area contributed by atoms with Gasteiger partial charge in [-0.1, -0.05) is 80.7 Å². The average Bonchev–Trinajstić information content (AvgIpc) is 3.28. The number of carbonyl (C=O) groups excluding carboxylic acids is 1. The predicted octanol–water partition coefficient (Wildman–Crippen LogP) is 9.26. The Labute approximate surface area is 290 Å². The number of amidine groups is 1. The number of amides is 2. The number of piperazine rings is 1. The molecule has 6 nitrogen and oxygen atoms in total. The Hall–Kier alpha value is -3.06. The van der Waals surface area contributed by atoms with Gasteiger partial charge in [-0.05, 0) is 106 Å². The van der Waals surface area contributed by atoms with Crippen molar-refractivity contribution >= 4 is 35.1 Å². The molecule has 0 aliphatic carbocycles. The molecule has 250 valence electrons. The van der Waals surface area contributed by atoms with E-state index in [1.807, 2.05) is 67.3 Å². The molecule has 3 aliphatic heterocycles. The minimum absolute atomic E-state index is 0.0421. The smallest absolute Gasteiger partial charge is 0.326 e. The van der Waals surface area contributed by atoms with Crippen LogP contribution in [0.1, 0.15) is 90.0 Å². The molecule has 6 rings (SSSR count). The first-order valence-electron chi connectivity index (χ1n) is 17.0. The molecule has 0 spiro atoms. The van der Waals surface area contributed by atoms with Gasteiger partial charge in [-0.25, -0.2) is 4.79 Å². The fourth-order valence-electron chi connectivity index (χ4n) is 7.56. The van der Waals surface area contributed by atoms with Gasteiger partial charge in [-0.15, -0.1) is 0 Å². The van der Waals surface area contributed by atoms with Gasteiger partial charge in [0, 0.05) is 35.7 Å². The molecule has 3 aromatic carbocycles. The third kappa shape index (κ3) is 6.18. The summed E-state index contributed by atoms with van der Waals surface area (Å²) in [6.45, 7) is 18.3. The van der Waals surface area contributed by atoms with Gasteiger partial charge in [0.2, 0.25) is 0 Å². The summed E-state index contributed by atoms with van der Waals surface area (Å²) in [5, 5.41) is 1.29. The Morgan fingerprint density at radius 2 is 1.53 bits per heavy atom. The molecule has 3 atom stereocenters. The second kappa shape index (κ2) is 12.8. The lowest BCUT2D eigenvalue weighted by Gasteiger charge is -2.49. The van der Waals surface area contributed by atoms with Crippen LogP contribution < -0.4 is 4.74 Å². The number of urea groups is 1. The van der Waals surface area contributed by atoms with Crippen molar-refractivity contribution in [1.82, 2.24) is 14.7 Å². The lowest BCUT2D eigenvalue weighted by molar-refractivity contribution is 0.0454. The van der Waals surface area contributed by atoms with Crippen molar-refractivity contribution in [2.24, 2.45) is 4.99 Å². The first-order chi connectivity index (χ1) is 22.2. The number of carbonyl (C=O) groups is 1. The maximum Gasteiger partial charge on any atom is 0.326 e. The van der Waals surface area contributed by atoms with Crippen LogP contribution in [0, 0.1) is 0 Å². The van der Waals surface area contributed by atoms with Crippen LogP contribution in [-0.4, -0.2) is 64.9 Å². The van der Waals surface area contributed by atoms with Gasteiger partial charge in [0.05, 0.1) is 11.7 Å². The first kappa shape index (κ1) is 33.8. The van der Waals surface area contributed by atoms with Gasteiger partial charge in [0.1, 0.15) is 22.7 Å². The number of fused-ring (bicyclic) bond motifs is 1. The molecule has 3 aliphatic rings. The van der Waals surface area contributed by atoms with Crippen molar-refractivity contribution in [2.75, 3.05) is 26.2 Å². The third-order valence-electron chi connectivity index (χ3n) is 10.5. The maximum absolute atomic E-state index is 15.3. The number of halogens is 2. The summed E-state index contributed by atoms with van der Waals surface area (Å²) in [4.78, 5) is 27.5. The van der Waals surface area contributed by atoms with Gasteiger partial charge in [-0.3, -0.25) is 14.8 Å². The number of nitrogens with zero attached hydrogens (tertiary/aromatic N) is 4. The van der Waals surface area contributed by atoms with E-state index in [4.69, 9.17) is 32.9 Å². The summed E-state index contributed by atoms with van der Waals surface area (Å²) < 4.78 is 6.54. The standard InChI is InChI=1S/C39H48Cl2N4O2/c1-26(2)47-34-24-29(37(3,4)5)15-20-33(34)35-42-38(6,27-11-16-30(40)17-12-27)39(7,28-13-18-31(41)19-14-28)45(35)36(46)44-23-22-43-21-9-8-10-32(43)25-44/h11-20,24,26,32H,8-10,21-23,25H2,1-7H3. The highest BCUT2D eigenvalue weighted by Crippen LogP contribution is 2.54. The topological polar surface area (TPSA) is 48.4 Å². The molecule has 0 N–H and O–H groups in total. The Bertz CT molecular complexity index is 1650. The van der Waals surface area contributed by atoms with E-state index < -0.39 is 11.1 Å². The average molecular weight is 676 g/mol. The molecule has 0 bridgehead atoms. The molecule has 3 heterocycles. The van der Waals surface area contributed by atoms with Crippen LogP contribution in [0.15, 0.2) is 71.7 Å². The van der Waals surface area contributed by atoms with Crippen molar-refractivity contribution in [1.29, 1.82) is 0 Å². The quantitative estimate of drug-likeness (QED) is 0.271. The number of aliphatic imine (C=N–C) groups is 1. The van der Waals surface area contributed by atoms with E-state index in [2.05, 4.69) is 62.6 Å². The minimum atomic E-state index is -0.931. The summed E-state index contributed by atoms with van der Waals surface area (Å²) in [5.74, 6) is 1.33. The molecule has 0 saturated carbocycles. The summed E-state index contributed by atoms with van der Waals surface area (Å²) in [5.41, 5.74) is 1.95. The fourth-order valence-corrected chi connectivity index (χ4v) is 7.82. The Morgan fingerprint density at radius 3 is 2.15 bits per heavy atom. The van der Waals surface area contributed by atoms with Gasteiger partial charge >= 0.3 is 6.03 Å². The number of rotatable bonds is 5. The van der Waals surface area contributed by atoms with Crippen molar-refractivity contribution in [2.45, 2.75) is 96.4 Å². The van der Waals surface area contributed by atoms with E-state index in [1.54, 1.807) is 0 Å². The van der Waals surface area contributed by atoms with Crippen LogP contribution in [0.3, 0.4) is 0 Å². The van der Waals surface area contributed by atoms with Gasteiger partial charge < -0.3 is 9.64 Å². The SMILES string of the molecule is CC(C)Oc1cc(C(C)(C)C)ccc1C1=NC(C)(c2ccc(Cl)cc2)C(C)(c2ccc(Cl)cc2)N1C(=O)N1CCN2CCCCC2C1. The molecule has 8 heteroatoms. The Kier molecular flexibility index (Phi) is 9.18. The zero-order valence-electron chi connectivity index (χ0n) is 28.8. The highest BCUT2D eigenvalue weighted by Gasteiger charge is 2.60. The van der Waals surface area contributed by atoms with E-state index in [9.17, 15) is 0 Å². The highest BCUT2D eigenvalue weighted by atomic mass is 35.5. The minimum Gasteiger partial charge on any atom is -0.490 e. The molecular formula is C39H48Cl2N4O2. The lowest BCUT2D eigenvalue weighted by atomic mass is 9.71. The van der Waals surface area contributed by atoms with Crippen molar-refractivity contribution in [3.63, 3.8) is 0 Å². The molecule has 3 unspecified atom stereocenters.